The zero-order valence-electron chi connectivity index (χ0n) is 35.8. The van der Waals surface area contributed by atoms with E-state index in [1.807, 2.05) is 11.3 Å². The standard InChI is InChI=1S/C64H38OS/c1-3-16-39(17-4-1)41-31-34-57-55(36-41)56-37-42(32-35-58(56)65-57)61-49-24-11-13-26-51(49)63(52-27-14-12-25-50(52)61)54-29-15-28-53-44-33-30-43(38-59(44)66-64(53)54)62-47-22-9-7-20-45(47)60(40-18-5-2-6-19-40)46-21-8-10-23-48(46)62/h1-38H. The fourth-order valence-electron chi connectivity index (χ4n) is 11.0. The molecule has 2 heterocycles. The summed E-state index contributed by atoms with van der Waals surface area (Å²) >= 11 is 1.91. The van der Waals surface area contributed by atoms with Gasteiger partial charge in [-0.15, -0.1) is 11.3 Å². The highest BCUT2D eigenvalue weighted by Crippen LogP contribution is 2.50. The highest BCUT2D eigenvalue weighted by Gasteiger charge is 2.22. The molecule has 2 heteroatoms. The number of furan rings is 1. The number of rotatable bonds is 5. The van der Waals surface area contributed by atoms with Gasteiger partial charge in [0.25, 0.3) is 0 Å². The monoisotopic (exact) mass is 854 g/mol. The molecule has 0 bridgehead atoms. The molecule has 0 N–H and O–H groups in total. The Morgan fingerprint density at radius 1 is 0.242 bits per heavy atom. The lowest BCUT2D eigenvalue weighted by Crippen LogP contribution is -1.91. The van der Waals surface area contributed by atoms with Gasteiger partial charge in [0.05, 0.1) is 0 Å². The van der Waals surface area contributed by atoms with Crippen molar-refractivity contribution in [2.75, 3.05) is 0 Å². The van der Waals surface area contributed by atoms with Crippen LogP contribution < -0.4 is 0 Å². The quantitative estimate of drug-likeness (QED) is 0.157. The normalized spacial score (nSPS) is 11.9. The number of fused-ring (bicyclic) bond motifs is 10. The van der Waals surface area contributed by atoms with Crippen molar-refractivity contribution in [2.45, 2.75) is 0 Å². The molecular weight excluding hydrogens is 817 g/mol. The van der Waals surface area contributed by atoms with Gasteiger partial charge in [0, 0.05) is 36.5 Å². The minimum absolute atomic E-state index is 0.898. The second-order valence-corrected chi connectivity index (χ2v) is 18.5. The van der Waals surface area contributed by atoms with E-state index in [2.05, 4.69) is 231 Å². The Balaban J connectivity index is 0.968. The average Bonchev–Trinajstić information content (AvgIpc) is 3.95. The summed E-state index contributed by atoms with van der Waals surface area (Å²) in [6.07, 6.45) is 0. The first-order valence-electron chi connectivity index (χ1n) is 22.7. The van der Waals surface area contributed by atoms with E-state index in [9.17, 15) is 0 Å². The third-order valence-electron chi connectivity index (χ3n) is 13.8. The first-order chi connectivity index (χ1) is 32.7. The lowest BCUT2D eigenvalue weighted by molar-refractivity contribution is 0.669. The molecule has 0 saturated carbocycles. The van der Waals surface area contributed by atoms with E-state index in [4.69, 9.17) is 4.42 Å². The molecule has 0 radical (unpaired) electrons. The van der Waals surface area contributed by atoms with Crippen molar-refractivity contribution < 1.29 is 4.42 Å². The third kappa shape index (κ3) is 5.59. The molecule has 306 valence electrons. The average molecular weight is 855 g/mol. The van der Waals surface area contributed by atoms with Crippen LogP contribution in [-0.2, 0) is 0 Å². The Bertz CT molecular complexity index is 4160. The van der Waals surface area contributed by atoms with Crippen molar-refractivity contribution in [3.05, 3.63) is 231 Å². The van der Waals surface area contributed by atoms with Gasteiger partial charge in [-0.25, -0.2) is 0 Å². The molecule has 66 heavy (non-hydrogen) atoms. The van der Waals surface area contributed by atoms with E-state index in [1.54, 1.807) is 0 Å². The second kappa shape index (κ2) is 14.6. The Morgan fingerprint density at radius 2 is 0.652 bits per heavy atom. The van der Waals surface area contributed by atoms with Crippen LogP contribution in [0.5, 0.6) is 0 Å². The molecular formula is C64H38OS. The molecule has 0 unspecified atom stereocenters. The van der Waals surface area contributed by atoms with Gasteiger partial charge in [0.2, 0.25) is 0 Å². The van der Waals surface area contributed by atoms with Crippen LogP contribution in [0.3, 0.4) is 0 Å². The first-order valence-corrected chi connectivity index (χ1v) is 23.5. The van der Waals surface area contributed by atoms with Gasteiger partial charge in [-0.05, 0) is 123 Å². The van der Waals surface area contributed by atoms with Crippen LogP contribution in [0.1, 0.15) is 0 Å². The Hall–Kier alpha value is -8.30. The lowest BCUT2D eigenvalue weighted by atomic mass is 9.85. The van der Waals surface area contributed by atoms with Crippen molar-refractivity contribution in [1.82, 2.24) is 0 Å². The van der Waals surface area contributed by atoms with E-state index in [0.29, 0.717) is 0 Å². The minimum Gasteiger partial charge on any atom is -0.456 e. The minimum atomic E-state index is 0.898. The third-order valence-corrected chi connectivity index (χ3v) is 15.0. The maximum atomic E-state index is 6.44. The van der Waals surface area contributed by atoms with Gasteiger partial charge in [0.1, 0.15) is 11.2 Å². The lowest BCUT2D eigenvalue weighted by Gasteiger charge is -2.18. The predicted molar refractivity (Wildman–Crippen MR) is 284 cm³/mol. The summed E-state index contributed by atoms with van der Waals surface area (Å²) in [7, 11) is 0. The second-order valence-electron chi connectivity index (χ2n) is 17.4. The highest BCUT2D eigenvalue weighted by molar-refractivity contribution is 7.26. The Kier molecular flexibility index (Phi) is 8.22. The van der Waals surface area contributed by atoms with Crippen LogP contribution in [0, 0.1) is 0 Å². The molecule has 2 aromatic heterocycles. The van der Waals surface area contributed by atoms with E-state index in [1.165, 1.54) is 119 Å². The van der Waals surface area contributed by atoms with Crippen molar-refractivity contribution >= 4 is 96.5 Å². The molecule has 0 atom stereocenters. The summed E-state index contributed by atoms with van der Waals surface area (Å²) in [5.41, 5.74) is 14.2. The molecule has 12 aromatic carbocycles. The number of thiophene rings is 1. The van der Waals surface area contributed by atoms with Crippen LogP contribution >= 0.6 is 11.3 Å². The smallest absolute Gasteiger partial charge is 0.135 e. The first kappa shape index (κ1) is 37.1. The SMILES string of the molecule is c1ccc(-c2ccc3oc4ccc(-c5c6ccccc6c(-c6cccc7c6sc6cc(-c8c9ccccc9c(-c9ccccc9)c9ccccc89)ccc67)c6ccccc56)cc4c3c2)cc1. The van der Waals surface area contributed by atoms with Crippen LogP contribution in [0.25, 0.3) is 141 Å². The van der Waals surface area contributed by atoms with Gasteiger partial charge in [0.15, 0.2) is 0 Å². The number of hydrogen-bond donors (Lipinski definition) is 0. The summed E-state index contributed by atoms with van der Waals surface area (Å²) in [5.74, 6) is 0. The van der Waals surface area contributed by atoms with Crippen molar-refractivity contribution in [1.29, 1.82) is 0 Å². The molecule has 0 fully saturated rings. The van der Waals surface area contributed by atoms with Crippen LogP contribution in [-0.4, -0.2) is 0 Å². The van der Waals surface area contributed by atoms with Crippen molar-refractivity contribution in [3.8, 4) is 55.6 Å². The molecule has 0 amide bonds. The Labute approximate surface area is 385 Å². The highest BCUT2D eigenvalue weighted by atomic mass is 32.1. The molecule has 0 aliphatic heterocycles. The summed E-state index contributed by atoms with van der Waals surface area (Å²) in [5, 5.41) is 14.9. The van der Waals surface area contributed by atoms with E-state index < -0.39 is 0 Å². The number of hydrogen-bond acceptors (Lipinski definition) is 2. The van der Waals surface area contributed by atoms with E-state index in [0.717, 1.165) is 21.9 Å². The molecule has 0 aliphatic carbocycles. The summed E-state index contributed by atoms with van der Waals surface area (Å²) < 4.78 is 9.04. The predicted octanol–water partition coefficient (Wildman–Crippen LogP) is 18.9. The molecule has 14 rings (SSSR count). The molecule has 0 spiro atoms. The zero-order valence-corrected chi connectivity index (χ0v) is 36.6. The summed E-state index contributed by atoms with van der Waals surface area (Å²) in [6.45, 7) is 0. The fourth-order valence-corrected chi connectivity index (χ4v) is 12.2. The fraction of sp³-hybridized carbons (Fsp3) is 0. The van der Waals surface area contributed by atoms with Gasteiger partial charge in [-0.3, -0.25) is 0 Å². The van der Waals surface area contributed by atoms with Crippen molar-refractivity contribution in [3.63, 3.8) is 0 Å². The van der Waals surface area contributed by atoms with Gasteiger partial charge in [-0.1, -0.05) is 200 Å². The largest absolute Gasteiger partial charge is 0.456 e. The summed E-state index contributed by atoms with van der Waals surface area (Å²) in [6, 6.07) is 84.6. The van der Waals surface area contributed by atoms with Gasteiger partial charge >= 0.3 is 0 Å². The Morgan fingerprint density at radius 3 is 1.20 bits per heavy atom. The summed E-state index contributed by atoms with van der Waals surface area (Å²) in [4.78, 5) is 0. The van der Waals surface area contributed by atoms with Crippen LogP contribution in [0.4, 0.5) is 0 Å². The zero-order chi connectivity index (χ0) is 43.3. The molecule has 14 aromatic rings. The van der Waals surface area contributed by atoms with Crippen molar-refractivity contribution in [2.24, 2.45) is 0 Å². The van der Waals surface area contributed by atoms with E-state index >= 15 is 0 Å². The maximum Gasteiger partial charge on any atom is 0.135 e. The molecule has 0 aliphatic rings. The topological polar surface area (TPSA) is 13.1 Å². The van der Waals surface area contributed by atoms with Gasteiger partial charge < -0.3 is 4.42 Å². The van der Waals surface area contributed by atoms with Crippen LogP contribution in [0.2, 0.25) is 0 Å². The maximum absolute atomic E-state index is 6.44. The van der Waals surface area contributed by atoms with Crippen LogP contribution in [0.15, 0.2) is 235 Å². The van der Waals surface area contributed by atoms with Gasteiger partial charge in [-0.2, -0.15) is 0 Å². The number of benzene rings is 12. The molecule has 1 nitrogen and oxygen atoms in total. The van der Waals surface area contributed by atoms with E-state index in [-0.39, 0.29) is 0 Å². The molecule has 0 saturated heterocycles.